The van der Waals surface area contributed by atoms with Crippen LogP contribution in [-0.4, -0.2) is 6.29 Å². The first-order valence-corrected chi connectivity index (χ1v) is 6.59. The highest BCUT2D eigenvalue weighted by atomic mass is 79.9. The van der Waals surface area contributed by atoms with Crippen molar-refractivity contribution < 1.29 is 13.9 Å². The van der Waals surface area contributed by atoms with Gasteiger partial charge in [-0.25, -0.2) is 4.39 Å². The van der Waals surface area contributed by atoms with Crippen molar-refractivity contribution in [2.45, 2.75) is 6.61 Å². The van der Waals surface area contributed by atoms with Crippen LogP contribution in [0.25, 0.3) is 0 Å². The summed E-state index contributed by atoms with van der Waals surface area (Å²) in [6.07, 6.45) is 0.684. The van der Waals surface area contributed by atoms with Gasteiger partial charge in [-0.05, 0) is 30.3 Å². The smallest absolute Gasteiger partial charge is 0.153 e. The molecule has 2 nitrogen and oxygen atoms in total. The van der Waals surface area contributed by atoms with Gasteiger partial charge in [0.05, 0.1) is 10.6 Å². The van der Waals surface area contributed by atoms with Gasteiger partial charge in [-0.3, -0.25) is 4.79 Å². The molecule has 19 heavy (non-hydrogen) atoms. The Labute approximate surface area is 123 Å². The molecule has 0 atom stereocenters. The normalized spacial score (nSPS) is 10.3. The maximum atomic E-state index is 13.6. The summed E-state index contributed by atoms with van der Waals surface area (Å²) in [4.78, 5) is 10.9. The molecule has 2 rings (SSSR count). The van der Waals surface area contributed by atoms with Gasteiger partial charge in [0.2, 0.25) is 0 Å². The van der Waals surface area contributed by atoms with Crippen LogP contribution in [0.1, 0.15) is 15.9 Å². The van der Waals surface area contributed by atoms with Gasteiger partial charge in [0.1, 0.15) is 18.2 Å². The van der Waals surface area contributed by atoms with E-state index in [0.717, 1.165) is 4.47 Å². The molecule has 0 aliphatic rings. The Balaban J connectivity index is 2.21. The number of hydrogen-bond donors (Lipinski definition) is 0. The van der Waals surface area contributed by atoms with Crippen LogP contribution in [0.5, 0.6) is 5.75 Å². The summed E-state index contributed by atoms with van der Waals surface area (Å²) in [5.41, 5.74) is 0.658. The molecule has 0 amide bonds. The van der Waals surface area contributed by atoms with E-state index in [0.29, 0.717) is 22.6 Å². The first kappa shape index (κ1) is 14.0. The SMILES string of the molecule is O=Cc1cc(Br)ccc1OCc1c(F)cccc1Cl. The molecule has 5 heteroatoms. The fourth-order valence-corrected chi connectivity index (χ4v) is 2.16. The molecule has 0 radical (unpaired) electrons. The minimum Gasteiger partial charge on any atom is -0.488 e. The maximum absolute atomic E-state index is 13.6. The summed E-state index contributed by atoms with van der Waals surface area (Å²) >= 11 is 9.16. The number of carbonyl (C=O) groups excluding carboxylic acids is 1. The van der Waals surface area contributed by atoms with Crippen molar-refractivity contribution in [3.8, 4) is 5.75 Å². The van der Waals surface area contributed by atoms with Gasteiger partial charge < -0.3 is 4.74 Å². The number of hydrogen-bond acceptors (Lipinski definition) is 2. The van der Waals surface area contributed by atoms with Gasteiger partial charge in [-0.1, -0.05) is 33.6 Å². The standard InChI is InChI=1S/C14H9BrClFO2/c15-10-4-5-14(9(6-10)7-18)19-8-11-12(16)2-1-3-13(11)17/h1-7H,8H2. The monoisotopic (exact) mass is 342 g/mol. The quantitative estimate of drug-likeness (QED) is 0.756. The average Bonchev–Trinajstić information content (AvgIpc) is 2.39. The highest BCUT2D eigenvalue weighted by molar-refractivity contribution is 9.10. The van der Waals surface area contributed by atoms with E-state index < -0.39 is 5.82 Å². The molecule has 0 saturated carbocycles. The number of aldehydes is 1. The van der Waals surface area contributed by atoms with E-state index in [2.05, 4.69) is 15.9 Å². The molecule has 98 valence electrons. The van der Waals surface area contributed by atoms with E-state index in [9.17, 15) is 9.18 Å². The third-order valence-corrected chi connectivity index (χ3v) is 3.38. The third-order valence-electron chi connectivity index (χ3n) is 2.53. The molecule has 0 fully saturated rings. The van der Waals surface area contributed by atoms with Gasteiger partial charge in [-0.15, -0.1) is 0 Å². The van der Waals surface area contributed by atoms with E-state index >= 15 is 0 Å². The molecule has 0 spiro atoms. The van der Waals surface area contributed by atoms with Crippen molar-refractivity contribution in [3.63, 3.8) is 0 Å². The fourth-order valence-electron chi connectivity index (χ4n) is 1.56. The Morgan fingerprint density at radius 3 is 2.79 bits per heavy atom. The van der Waals surface area contributed by atoms with Crippen molar-refractivity contribution in [2.75, 3.05) is 0 Å². The molecular weight excluding hydrogens is 335 g/mol. The minimum atomic E-state index is -0.433. The number of ether oxygens (including phenoxy) is 1. The zero-order chi connectivity index (χ0) is 13.8. The molecule has 2 aromatic rings. The number of carbonyl (C=O) groups is 1. The largest absolute Gasteiger partial charge is 0.488 e. The lowest BCUT2D eigenvalue weighted by Crippen LogP contribution is -2.01. The predicted octanol–water partition coefficient (Wildman–Crippen LogP) is 4.63. The lowest BCUT2D eigenvalue weighted by molar-refractivity contribution is 0.111. The minimum absolute atomic E-state index is 0.0338. The van der Waals surface area contributed by atoms with Gasteiger partial charge >= 0.3 is 0 Å². The lowest BCUT2D eigenvalue weighted by Gasteiger charge is -2.10. The Bertz CT molecular complexity index is 596. The molecular formula is C14H9BrClFO2. The highest BCUT2D eigenvalue weighted by Gasteiger charge is 2.09. The van der Waals surface area contributed by atoms with Crippen LogP contribution in [0.2, 0.25) is 5.02 Å². The summed E-state index contributed by atoms with van der Waals surface area (Å²) in [5.74, 6) is -0.0465. The molecule has 0 N–H and O–H groups in total. The Kier molecular flexibility index (Phi) is 4.56. The molecule has 0 aliphatic heterocycles. The van der Waals surface area contributed by atoms with E-state index in [1.807, 2.05) is 0 Å². The number of benzene rings is 2. The molecule has 2 aromatic carbocycles. The lowest BCUT2D eigenvalue weighted by atomic mass is 10.2. The molecule has 0 bridgehead atoms. The second-order valence-corrected chi connectivity index (χ2v) is 5.11. The van der Waals surface area contributed by atoms with Gasteiger partial charge in [0, 0.05) is 10.0 Å². The van der Waals surface area contributed by atoms with E-state index in [1.54, 1.807) is 24.3 Å². The predicted molar refractivity (Wildman–Crippen MR) is 75.3 cm³/mol. The van der Waals surface area contributed by atoms with Crippen LogP contribution >= 0.6 is 27.5 Å². The van der Waals surface area contributed by atoms with Crippen LogP contribution in [0, 0.1) is 5.82 Å². The van der Waals surface area contributed by atoms with E-state index in [-0.39, 0.29) is 12.2 Å². The van der Waals surface area contributed by atoms with Crippen LogP contribution in [-0.2, 0) is 6.61 Å². The summed E-state index contributed by atoms with van der Waals surface area (Å²) in [6, 6.07) is 9.44. The first-order valence-electron chi connectivity index (χ1n) is 5.42. The Hall–Kier alpha value is -1.39. The van der Waals surface area contributed by atoms with Crippen LogP contribution < -0.4 is 4.74 Å². The number of halogens is 3. The van der Waals surface area contributed by atoms with E-state index in [1.165, 1.54) is 12.1 Å². The van der Waals surface area contributed by atoms with Crippen molar-refractivity contribution in [2.24, 2.45) is 0 Å². The molecule has 0 heterocycles. The van der Waals surface area contributed by atoms with Crippen LogP contribution in [0.3, 0.4) is 0 Å². The highest BCUT2D eigenvalue weighted by Crippen LogP contribution is 2.25. The van der Waals surface area contributed by atoms with Crippen molar-refractivity contribution in [1.29, 1.82) is 0 Å². The first-order chi connectivity index (χ1) is 9.11. The molecule has 0 unspecified atom stereocenters. The van der Waals surface area contributed by atoms with Gasteiger partial charge in [0.15, 0.2) is 6.29 Å². The summed E-state index contributed by atoms with van der Waals surface area (Å²) in [7, 11) is 0. The van der Waals surface area contributed by atoms with Gasteiger partial charge in [-0.2, -0.15) is 0 Å². The molecule has 0 aliphatic carbocycles. The molecule has 0 aromatic heterocycles. The van der Waals surface area contributed by atoms with Crippen molar-refractivity contribution in [1.82, 2.24) is 0 Å². The van der Waals surface area contributed by atoms with E-state index in [4.69, 9.17) is 16.3 Å². The fraction of sp³-hybridized carbons (Fsp3) is 0.0714. The number of rotatable bonds is 4. The zero-order valence-electron chi connectivity index (χ0n) is 9.70. The summed E-state index contributed by atoms with van der Waals surface area (Å²) < 4.78 is 19.8. The Morgan fingerprint density at radius 1 is 1.32 bits per heavy atom. The average molecular weight is 344 g/mol. The van der Waals surface area contributed by atoms with Crippen molar-refractivity contribution >= 4 is 33.8 Å². The zero-order valence-corrected chi connectivity index (χ0v) is 12.0. The molecule has 0 saturated heterocycles. The summed E-state index contributed by atoms with van der Waals surface area (Å²) in [5, 5.41) is 0.296. The van der Waals surface area contributed by atoms with Crippen molar-refractivity contribution in [3.05, 3.63) is 62.8 Å². The maximum Gasteiger partial charge on any atom is 0.153 e. The van der Waals surface area contributed by atoms with Gasteiger partial charge in [0.25, 0.3) is 0 Å². The van der Waals surface area contributed by atoms with Crippen LogP contribution in [0.15, 0.2) is 40.9 Å². The second-order valence-electron chi connectivity index (χ2n) is 3.79. The topological polar surface area (TPSA) is 26.3 Å². The van der Waals surface area contributed by atoms with Crippen LogP contribution in [0.4, 0.5) is 4.39 Å². The Morgan fingerprint density at radius 2 is 2.11 bits per heavy atom. The second kappa shape index (κ2) is 6.17. The summed E-state index contributed by atoms with van der Waals surface area (Å²) in [6.45, 7) is -0.0338. The third kappa shape index (κ3) is 3.33.